The Balaban J connectivity index is 1.77. The van der Waals surface area contributed by atoms with Gasteiger partial charge in [0.1, 0.15) is 24.3 Å². The number of carbonyl (C=O) groups is 4. The van der Waals surface area contributed by atoms with Gasteiger partial charge in [-0.15, -0.1) is 0 Å². The van der Waals surface area contributed by atoms with Gasteiger partial charge in [0.05, 0.1) is 6.04 Å². The first kappa shape index (κ1) is 23.8. The highest BCUT2D eigenvalue weighted by Crippen LogP contribution is 2.18. The van der Waals surface area contributed by atoms with Crippen molar-refractivity contribution < 1.29 is 32.7 Å². The van der Waals surface area contributed by atoms with E-state index in [1.807, 2.05) is 0 Å². The second-order valence-corrected chi connectivity index (χ2v) is 7.52. The molecule has 0 radical (unpaired) electrons. The van der Waals surface area contributed by atoms with E-state index in [4.69, 9.17) is 4.74 Å². The SMILES string of the molecule is O=C(NC(C(=O)NC1CCCCNC(=O)C1=O)c1cc(F)cc(F)c1)OCc1ccccc1. The van der Waals surface area contributed by atoms with Crippen LogP contribution in [0.15, 0.2) is 48.5 Å². The topological polar surface area (TPSA) is 114 Å². The Kier molecular flexibility index (Phi) is 8.06. The number of amides is 3. The molecule has 0 spiro atoms. The number of halogens is 2. The lowest BCUT2D eigenvalue weighted by Crippen LogP contribution is -2.51. The van der Waals surface area contributed by atoms with E-state index in [2.05, 4.69) is 16.0 Å². The molecule has 0 aliphatic carbocycles. The van der Waals surface area contributed by atoms with Crippen LogP contribution in [0.2, 0.25) is 0 Å². The second kappa shape index (κ2) is 11.2. The van der Waals surface area contributed by atoms with E-state index in [-0.39, 0.29) is 18.6 Å². The van der Waals surface area contributed by atoms with Crippen molar-refractivity contribution >= 4 is 23.7 Å². The van der Waals surface area contributed by atoms with Crippen molar-refractivity contribution in [2.75, 3.05) is 6.54 Å². The fraction of sp³-hybridized carbons (Fsp3) is 0.304. The molecule has 3 amide bonds. The lowest BCUT2D eigenvalue weighted by Gasteiger charge is -2.24. The molecule has 174 valence electrons. The molecule has 2 aromatic rings. The first-order valence-electron chi connectivity index (χ1n) is 10.4. The summed E-state index contributed by atoms with van der Waals surface area (Å²) in [6.07, 6.45) is 0.377. The molecule has 0 aromatic heterocycles. The normalized spacial score (nSPS) is 17.2. The zero-order valence-corrected chi connectivity index (χ0v) is 17.6. The molecule has 1 fully saturated rings. The molecule has 0 bridgehead atoms. The van der Waals surface area contributed by atoms with Crippen LogP contribution in [0.1, 0.15) is 36.4 Å². The maximum absolute atomic E-state index is 13.8. The van der Waals surface area contributed by atoms with Gasteiger partial charge in [-0.1, -0.05) is 30.3 Å². The van der Waals surface area contributed by atoms with Gasteiger partial charge in [0.2, 0.25) is 11.7 Å². The van der Waals surface area contributed by atoms with E-state index in [9.17, 15) is 28.0 Å². The van der Waals surface area contributed by atoms with E-state index < -0.39 is 47.4 Å². The predicted octanol–water partition coefficient (Wildman–Crippen LogP) is 2.29. The summed E-state index contributed by atoms with van der Waals surface area (Å²) >= 11 is 0. The average molecular weight is 459 g/mol. The van der Waals surface area contributed by atoms with Crippen LogP contribution in [-0.4, -0.2) is 36.3 Å². The number of ether oxygens (including phenoxy) is 1. The molecule has 2 atom stereocenters. The maximum atomic E-state index is 13.8. The summed E-state index contributed by atoms with van der Waals surface area (Å²) in [7, 11) is 0. The van der Waals surface area contributed by atoms with Gasteiger partial charge in [0, 0.05) is 12.6 Å². The molecule has 1 aliphatic heterocycles. The van der Waals surface area contributed by atoms with Crippen LogP contribution in [0.3, 0.4) is 0 Å². The van der Waals surface area contributed by atoms with Crippen LogP contribution in [-0.2, 0) is 25.7 Å². The molecule has 10 heteroatoms. The van der Waals surface area contributed by atoms with Gasteiger partial charge < -0.3 is 20.7 Å². The van der Waals surface area contributed by atoms with Crippen molar-refractivity contribution in [1.29, 1.82) is 0 Å². The number of alkyl carbamates (subject to hydrolysis) is 1. The van der Waals surface area contributed by atoms with Crippen molar-refractivity contribution in [3.63, 3.8) is 0 Å². The quantitative estimate of drug-likeness (QED) is 0.574. The highest BCUT2D eigenvalue weighted by Gasteiger charge is 2.32. The fourth-order valence-electron chi connectivity index (χ4n) is 3.37. The highest BCUT2D eigenvalue weighted by molar-refractivity contribution is 6.38. The summed E-state index contributed by atoms with van der Waals surface area (Å²) in [5.74, 6) is -4.49. The van der Waals surface area contributed by atoms with Crippen molar-refractivity contribution in [2.45, 2.75) is 38.0 Å². The smallest absolute Gasteiger partial charge is 0.408 e. The van der Waals surface area contributed by atoms with Crippen molar-refractivity contribution in [3.05, 3.63) is 71.3 Å². The Morgan fingerprint density at radius 2 is 1.76 bits per heavy atom. The van der Waals surface area contributed by atoms with Gasteiger partial charge in [-0.05, 0) is 42.5 Å². The molecule has 1 aliphatic rings. The zero-order valence-electron chi connectivity index (χ0n) is 17.6. The molecular formula is C23H23F2N3O5. The Morgan fingerprint density at radius 3 is 2.45 bits per heavy atom. The summed E-state index contributed by atoms with van der Waals surface area (Å²) in [4.78, 5) is 49.5. The summed E-state index contributed by atoms with van der Waals surface area (Å²) in [6, 6.07) is 8.44. The number of nitrogens with one attached hydrogen (secondary N) is 3. The third kappa shape index (κ3) is 6.83. The molecule has 8 nitrogen and oxygen atoms in total. The van der Waals surface area contributed by atoms with Gasteiger partial charge in [-0.3, -0.25) is 14.4 Å². The minimum absolute atomic E-state index is 0.0974. The monoisotopic (exact) mass is 459 g/mol. The van der Waals surface area contributed by atoms with E-state index in [0.717, 1.165) is 12.1 Å². The third-order valence-corrected chi connectivity index (χ3v) is 5.02. The molecule has 2 unspecified atom stereocenters. The Morgan fingerprint density at radius 1 is 1.06 bits per heavy atom. The van der Waals surface area contributed by atoms with Crippen LogP contribution < -0.4 is 16.0 Å². The number of hydrogen-bond donors (Lipinski definition) is 3. The Bertz CT molecular complexity index is 1010. The molecule has 3 N–H and O–H groups in total. The number of Topliss-reactive ketones (excluding diaryl/α,β-unsaturated/α-hetero) is 1. The molecule has 1 saturated heterocycles. The number of benzene rings is 2. The standard InChI is InChI=1S/C23H23F2N3O5/c24-16-10-15(11-17(25)12-16)19(28-23(32)33-13-14-6-2-1-3-7-14)21(30)27-18-8-4-5-9-26-22(31)20(18)29/h1-3,6-7,10-12,18-19H,4-5,8-9,13H2,(H,26,31)(H,27,30)(H,28,32). The van der Waals surface area contributed by atoms with Gasteiger partial charge >= 0.3 is 6.09 Å². The van der Waals surface area contributed by atoms with Gasteiger partial charge in [-0.25, -0.2) is 13.6 Å². The number of ketones is 1. The molecule has 0 saturated carbocycles. The maximum Gasteiger partial charge on any atom is 0.408 e. The lowest BCUT2D eigenvalue weighted by atomic mass is 10.0. The van der Waals surface area contributed by atoms with E-state index in [1.54, 1.807) is 30.3 Å². The zero-order chi connectivity index (χ0) is 23.8. The lowest BCUT2D eigenvalue weighted by molar-refractivity contribution is -0.140. The summed E-state index contributed by atoms with van der Waals surface area (Å²) in [5, 5.41) is 7.15. The molecule has 2 aromatic carbocycles. The minimum atomic E-state index is -1.57. The van der Waals surface area contributed by atoms with E-state index in [0.29, 0.717) is 31.0 Å². The first-order valence-corrected chi connectivity index (χ1v) is 10.4. The summed E-state index contributed by atoms with van der Waals surface area (Å²) in [6.45, 7) is 0.255. The van der Waals surface area contributed by atoms with Crippen LogP contribution >= 0.6 is 0 Å². The number of carbonyl (C=O) groups excluding carboxylic acids is 4. The molecular weight excluding hydrogens is 436 g/mol. The van der Waals surface area contributed by atoms with Gasteiger partial charge in [0.25, 0.3) is 5.91 Å². The Labute approximate surface area is 188 Å². The van der Waals surface area contributed by atoms with Crippen molar-refractivity contribution in [1.82, 2.24) is 16.0 Å². The fourth-order valence-corrected chi connectivity index (χ4v) is 3.37. The Hall–Kier alpha value is -3.82. The van der Waals surface area contributed by atoms with Crippen molar-refractivity contribution in [2.24, 2.45) is 0 Å². The molecule has 1 heterocycles. The van der Waals surface area contributed by atoms with E-state index in [1.165, 1.54) is 0 Å². The second-order valence-electron chi connectivity index (χ2n) is 7.52. The third-order valence-electron chi connectivity index (χ3n) is 5.02. The van der Waals surface area contributed by atoms with Crippen LogP contribution in [0.25, 0.3) is 0 Å². The first-order chi connectivity index (χ1) is 15.8. The minimum Gasteiger partial charge on any atom is -0.445 e. The number of rotatable bonds is 6. The predicted molar refractivity (Wildman–Crippen MR) is 113 cm³/mol. The largest absolute Gasteiger partial charge is 0.445 e. The average Bonchev–Trinajstić information content (AvgIpc) is 2.78. The van der Waals surface area contributed by atoms with Crippen LogP contribution in [0.5, 0.6) is 0 Å². The number of hydrogen-bond acceptors (Lipinski definition) is 5. The highest BCUT2D eigenvalue weighted by atomic mass is 19.1. The van der Waals surface area contributed by atoms with Crippen LogP contribution in [0.4, 0.5) is 13.6 Å². The molecule has 33 heavy (non-hydrogen) atoms. The van der Waals surface area contributed by atoms with Crippen molar-refractivity contribution in [3.8, 4) is 0 Å². The molecule has 3 rings (SSSR count). The summed E-state index contributed by atoms with van der Waals surface area (Å²) < 4.78 is 32.7. The van der Waals surface area contributed by atoms with Gasteiger partial charge in [0.15, 0.2) is 0 Å². The van der Waals surface area contributed by atoms with Crippen LogP contribution in [0, 0.1) is 11.6 Å². The van der Waals surface area contributed by atoms with Gasteiger partial charge in [-0.2, -0.15) is 0 Å². The van der Waals surface area contributed by atoms with E-state index >= 15 is 0 Å². The summed E-state index contributed by atoms with van der Waals surface area (Å²) in [5.41, 5.74) is 0.501.